The number of fused-ring (bicyclic) bond motifs is 1. The lowest BCUT2D eigenvalue weighted by molar-refractivity contribution is -0.131. The molecule has 3 aromatic rings. The Morgan fingerprint density at radius 1 is 1.00 bits per heavy atom. The number of nitrogens with zero attached hydrogens (tertiary/aromatic N) is 1. The van der Waals surface area contributed by atoms with Crippen molar-refractivity contribution in [3.05, 3.63) is 74.6 Å². The van der Waals surface area contributed by atoms with E-state index in [1.165, 1.54) is 20.2 Å². The SMILES string of the molecule is O=C(C1Cc2ccccc2S1)N(CCc1cccs1)Cc1cccs1. The van der Waals surface area contributed by atoms with Crippen molar-refractivity contribution in [3.8, 4) is 0 Å². The smallest absolute Gasteiger partial charge is 0.236 e. The van der Waals surface area contributed by atoms with E-state index in [2.05, 4.69) is 64.2 Å². The van der Waals surface area contributed by atoms with Gasteiger partial charge in [-0.25, -0.2) is 0 Å². The largest absolute Gasteiger partial charge is 0.336 e. The molecule has 1 aromatic carbocycles. The second-order valence-corrected chi connectivity index (χ2v) is 9.40. The first-order chi connectivity index (χ1) is 12.3. The highest BCUT2D eigenvalue weighted by Crippen LogP contribution is 2.37. The molecule has 1 aliphatic rings. The van der Waals surface area contributed by atoms with Gasteiger partial charge in [0.15, 0.2) is 0 Å². The highest BCUT2D eigenvalue weighted by atomic mass is 32.2. The van der Waals surface area contributed by atoms with Crippen molar-refractivity contribution >= 4 is 40.3 Å². The van der Waals surface area contributed by atoms with Gasteiger partial charge in [-0.2, -0.15) is 0 Å². The molecule has 2 aromatic heterocycles. The predicted octanol–water partition coefficient (Wildman–Crippen LogP) is 5.10. The van der Waals surface area contributed by atoms with Crippen LogP contribution in [-0.4, -0.2) is 22.6 Å². The van der Waals surface area contributed by atoms with Crippen LogP contribution in [-0.2, 0) is 24.2 Å². The van der Waals surface area contributed by atoms with E-state index >= 15 is 0 Å². The van der Waals surface area contributed by atoms with Crippen molar-refractivity contribution in [2.75, 3.05) is 6.54 Å². The van der Waals surface area contributed by atoms with Gasteiger partial charge in [0.2, 0.25) is 5.91 Å². The lowest BCUT2D eigenvalue weighted by Gasteiger charge is -2.24. The van der Waals surface area contributed by atoms with Crippen LogP contribution < -0.4 is 0 Å². The Morgan fingerprint density at radius 2 is 1.76 bits per heavy atom. The maximum absolute atomic E-state index is 13.2. The second-order valence-electron chi connectivity index (χ2n) is 6.09. The van der Waals surface area contributed by atoms with Crippen molar-refractivity contribution in [1.82, 2.24) is 4.90 Å². The molecule has 4 rings (SSSR count). The van der Waals surface area contributed by atoms with E-state index in [-0.39, 0.29) is 11.2 Å². The van der Waals surface area contributed by atoms with Crippen molar-refractivity contribution < 1.29 is 4.79 Å². The standard InChI is InChI=1S/C20H19NOS3/c22-20(19-13-15-5-1-2-8-18(15)25-19)21(14-17-7-4-12-24-17)10-9-16-6-3-11-23-16/h1-8,11-12,19H,9-10,13-14H2. The van der Waals surface area contributed by atoms with Gasteiger partial charge >= 0.3 is 0 Å². The van der Waals surface area contributed by atoms with Gasteiger partial charge in [0.1, 0.15) is 0 Å². The zero-order valence-corrected chi connectivity index (χ0v) is 16.2. The molecular formula is C20H19NOS3. The number of rotatable bonds is 6. The Morgan fingerprint density at radius 3 is 2.48 bits per heavy atom. The van der Waals surface area contributed by atoms with Gasteiger partial charge < -0.3 is 4.90 Å². The number of hydrogen-bond donors (Lipinski definition) is 0. The number of amides is 1. The molecule has 1 amide bonds. The lowest BCUT2D eigenvalue weighted by atomic mass is 10.1. The van der Waals surface area contributed by atoms with E-state index in [9.17, 15) is 4.79 Å². The van der Waals surface area contributed by atoms with Crippen molar-refractivity contribution in [2.45, 2.75) is 29.5 Å². The first-order valence-electron chi connectivity index (χ1n) is 8.38. The molecule has 5 heteroatoms. The number of hydrogen-bond acceptors (Lipinski definition) is 4. The van der Waals surface area contributed by atoms with E-state index in [1.54, 1.807) is 34.4 Å². The molecule has 1 aliphatic heterocycles. The van der Waals surface area contributed by atoms with E-state index < -0.39 is 0 Å². The third-order valence-electron chi connectivity index (χ3n) is 4.37. The van der Waals surface area contributed by atoms with Gasteiger partial charge in [-0.15, -0.1) is 34.4 Å². The summed E-state index contributed by atoms with van der Waals surface area (Å²) in [5, 5.41) is 4.20. The van der Waals surface area contributed by atoms with Gasteiger partial charge in [0, 0.05) is 21.2 Å². The van der Waals surface area contributed by atoms with Crippen LogP contribution in [0.2, 0.25) is 0 Å². The van der Waals surface area contributed by atoms with Crippen molar-refractivity contribution in [2.24, 2.45) is 0 Å². The molecule has 25 heavy (non-hydrogen) atoms. The maximum atomic E-state index is 13.2. The summed E-state index contributed by atoms with van der Waals surface area (Å²) in [5.41, 5.74) is 1.31. The van der Waals surface area contributed by atoms with Crippen LogP contribution in [0.3, 0.4) is 0 Å². The topological polar surface area (TPSA) is 20.3 Å². The fourth-order valence-electron chi connectivity index (χ4n) is 3.08. The van der Waals surface area contributed by atoms with E-state index in [4.69, 9.17) is 0 Å². The van der Waals surface area contributed by atoms with Gasteiger partial charge in [-0.1, -0.05) is 30.3 Å². The molecule has 128 valence electrons. The first kappa shape index (κ1) is 16.9. The van der Waals surface area contributed by atoms with Crippen LogP contribution in [0.5, 0.6) is 0 Å². The molecule has 0 saturated carbocycles. The monoisotopic (exact) mass is 385 g/mol. The van der Waals surface area contributed by atoms with Crippen LogP contribution in [0.25, 0.3) is 0 Å². The van der Waals surface area contributed by atoms with E-state index in [0.29, 0.717) is 0 Å². The number of thioether (sulfide) groups is 1. The summed E-state index contributed by atoms with van der Waals surface area (Å²) in [4.78, 5) is 19.1. The molecule has 0 saturated heterocycles. The fraction of sp³-hybridized carbons (Fsp3) is 0.250. The predicted molar refractivity (Wildman–Crippen MR) is 108 cm³/mol. The molecule has 0 aliphatic carbocycles. The summed E-state index contributed by atoms with van der Waals surface area (Å²) < 4.78 is 0. The Labute approximate surface area is 160 Å². The number of carbonyl (C=O) groups is 1. The minimum atomic E-state index is 0.0145. The summed E-state index contributed by atoms with van der Waals surface area (Å²) in [7, 11) is 0. The summed E-state index contributed by atoms with van der Waals surface area (Å²) >= 11 is 5.21. The summed E-state index contributed by atoms with van der Waals surface area (Å²) in [6.45, 7) is 1.50. The number of benzene rings is 1. The van der Waals surface area contributed by atoms with E-state index in [0.717, 1.165) is 25.9 Å². The highest BCUT2D eigenvalue weighted by Gasteiger charge is 2.31. The molecule has 0 bridgehead atoms. The lowest BCUT2D eigenvalue weighted by Crippen LogP contribution is -2.38. The minimum absolute atomic E-state index is 0.0145. The van der Waals surface area contributed by atoms with E-state index in [1.807, 2.05) is 0 Å². The van der Waals surface area contributed by atoms with Crippen LogP contribution in [0.15, 0.2) is 64.2 Å². The first-order valence-corrected chi connectivity index (χ1v) is 11.0. The number of thiophene rings is 2. The number of carbonyl (C=O) groups excluding carboxylic acids is 1. The average Bonchev–Trinajstić information content (AvgIpc) is 3.39. The van der Waals surface area contributed by atoms with Crippen molar-refractivity contribution in [1.29, 1.82) is 0 Å². The molecule has 2 nitrogen and oxygen atoms in total. The maximum Gasteiger partial charge on any atom is 0.236 e. The molecule has 0 radical (unpaired) electrons. The molecule has 0 fully saturated rings. The molecule has 1 atom stereocenters. The van der Waals surface area contributed by atoms with Crippen LogP contribution in [0.4, 0.5) is 0 Å². The third-order valence-corrected chi connectivity index (χ3v) is 7.47. The fourth-order valence-corrected chi connectivity index (χ4v) is 5.78. The van der Waals surface area contributed by atoms with Crippen LogP contribution in [0, 0.1) is 0 Å². The minimum Gasteiger partial charge on any atom is -0.336 e. The highest BCUT2D eigenvalue weighted by molar-refractivity contribution is 8.01. The van der Waals surface area contributed by atoms with Crippen LogP contribution in [0.1, 0.15) is 15.3 Å². The quantitative estimate of drug-likeness (QED) is 0.588. The molecular weight excluding hydrogens is 366 g/mol. The average molecular weight is 386 g/mol. The normalized spacial score (nSPS) is 15.9. The Balaban J connectivity index is 1.47. The Kier molecular flexibility index (Phi) is 5.25. The summed E-state index contributed by atoms with van der Waals surface area (Å²) in [5.74, 6) is 0.270. The molecule has 0 spiro atoms. The second kappa shape index (κ2) is 7.77. The van der Waals surface area contributed by atoms with Gasteiger partial charge in [0.05, 0.1) is 11.8 Å². The third kappa shape index (κ3) is 4.00. The molecule has 3 heterocycles. The zero-order chi connectivity index (χ0) is 17.1. The Bertz CT molecular complexity index is 802. The Hall–Kier alpha value is -1.56. The summed E-state index contributed by atoms with van der Waals surface area (Å²) in [6.07, 6.45) is 1.78. The van der Waals surface area contributed by atoms with Gasteiger partial charge in [0.25, 0.3) is 0 Å². The summed E-state index contributed by atoms with van der Waals surface area (Å²) in [6, 6.07) is 16.8. The molecule has 0 N–H and O–H groups in total. The van der Waals surface area contributed by atoms with Gasteiger partial charge in [-0.05, 0) is 47.4 Å². The van der Waals surface area contributed by atoms with Crippen LogP contribution >= 0.6 is 34.4 Å². The van der Waals surface area contributed by atoms with Crippen molar-refractivity contribution in [3.63, 3.8) is 0 Å². The molecule has 1 unspecified atom stereocenters. The van der Waals surface area contributed by atoms with Gasteiger partial charge in [-0.3, -0.25) is 4.79 Å². The zero-order valence-electron chi connectivity index (χ0n) is 13.8.